The molecule has 1 aliphatic rings. The molecule has 33 heavy (non-hydrogen) atoms. The van der Waals surface area contributed by atoms with Gasteiger partial charge in [-0.05, 0) is 37.5 Å². The van der Waals surface area contributed by atoms with Gasteiger partial charge in [0.25, 0.3) is 11.5 Å². The van der Waals surface area contributed by atoms with Crippen molar-refractivity contribution in [2.45, 2.75) is 26.8 Å². The van der Waals surface area contributed by atoms with E-state index in [1.54, 1.807) is 32.1 Å². The number of hydrogen-bond acceptors (Lipinski definition) is 7. The minimum atomic E-state index is -0.384. The molecule has 172 valence electrons. The molecule has 0 unspecified atom stereocenters. The van der Waals surface area contributed by atoms with Crippen molar-refractivity contribution in [3.05, 3.63) is 67.3 Å². The number of aromatic nitrogens is 1. The Morgan fingerprint density at radius 1 is 1.24 bits per heavy atom. The van der Waals surface area contributed by atoms with E-state index in [1.165, 1.54) is 16.3 Å². The summed E-state index contributed by atoms with van der Waals surface area (Å²) in [5.41, 5.74) is 3.03. The highest BCUT2D eigenvalue weighted by molar-refractivity contribution is 8.26. The van der Waals surface area contributed by atoms with Crippen LogP contribution in [0.2, 0.25) is 0 Å². The van der Waals surface area contributed by atoms with Gasteiger partial charge in [-0.1, -0.05) is 53.8 Å². The molecule has 0 atom stereocenters. The van der Waals surface area contributed by atoms with Crippen LogP contribution in [0.3, 0.4) is 0 Å². The smallest absolute Gasteiger partial charge is 0.270 e. The Labute approximate surface area is 203 Å². The average Bonchev–Trinajstić information content (AvgIpc) is 3.06. The van der Waals surface area contributed by atoms with Crippen LogP contribution in [0.15, 0.2) is 34.0 Å². The van der Waals surface area contributed by atoms with Gasteiger partial charge < -0.3 is 10.1 Å². The number of methoxy groups -OCH3 is 1. The van der Waals surface area contributed by atoms with Gasteiger partial charge in [-0.3, -0.25) is 19.1 Å². The first kappa shape index (κ1) is 24.7. The third-order valence-electron chi connectivity index (χ3n) is 5.46. The van der Waals surface area contributed by atoms with Crippen molar-refractivity contribution in [2.24, 2.45) is 7.05 Å². The van der Waals surface area contributed by atoms with E-state index in [9.17, 15) is 14.9 Å². The van der Waals surface area contributed by atoms with Gasteiger partial charge in [0.1, 0.15) is 21.8 Å². The minimum Gasteiger partial charge on any atom is -0.385 e. The molecule has 1 N–H and O–H groups in total. The number of nitrogens with zero attached hydrogens (tertiary/aromatic N) is 3. The van der Waals surface area contributed by atoms with Crippen molar-refractivity contribution in [1.82, 2.24) is 9.47 Å². The summed E-state index contributed by atoms with van der Waals surface area (Å²) in [5, 5.41) is 12.9. The van der Waals surface area contributed by atoms with Crippen molar-refractivity contribution in [1.29, 1.82) is 5.26 Å². The highest BCUT2D eigenvalue weighted by atomic mass is 32.2. The van der Waals surface area contributed by atoms with Crippen LogP contribution in [0.4, 0.5) is 5.82 Å². The van der Waals surface area contributed by atoms with E-state index in [1.807, 2.05) is 37.3 Å². The fourth-order valence-electron chi connectivity index (χ4n) is 3.53. The third kappa shape index (κ3) is 5.36. The van der Waals surface area contributed by atoms with E-state index >= 15 is 0 Å². The standard InChI is InChI=1S/C24H26N4O3S2/c1-15-6-8-17(9-7-15)14-26-21-18(16(2)19(13-25)22(29)27(21)3)12-20-23(30)28(24(32)33-20)10-5-11-31-4/h6-9,12,26H,5,10-11,14H2,1-4H3/b20-12-. The molecule has 1 saturated heterocycles. The zero-order chi connectivity index (χ0) is 24.1. The number of thiocarbonyl (C=S) groups is 1. The summed E-state index contributed by atoms with van der Waals surface area (Å²) >= 11 is 6.63. The van der Waals surface area contributed by atoms with Gasteiger partial charge in [-0.15, -0.1) is 0 Å². The first-order valence-electron chi connectivity index (χ1n) is 10.5. The van der Waals surface area contributed by atoms with Crippen LogP contribution in [-0.4, -0.2) is 40.0 Å². The molecule has 9 heteroatoms. The Hall–Kier alpha value is -2.93. The van der Waals surface area contributed by atoms with Crippen molar-refractivity contribution in [3.63, 3.8) is 0 Å². The van der Waals surface area contributed by atoms with Crippen LogP contribution in [-0.2, 0) is 23.1 Å². The number of amides is 1. The largest absolute Gasteiger partial charge is 0.385 e. The van der Waals surface area contributed by atoms with E-state index in [0.29, 0.717) is 52.3 Å². The molecule has 1 aromatic heterocycles. The minimum absolute atomic E-state index is 0.0557. The number of ether oxygens (including phenoxy) is 1. The Morgan fingerprint density at radius 3 is 2.58 bits per heavy atom. The third-order valence-corrected chi connectivity index (χ3v) is 6.84. The summed E-state index contributed by atoms with van der Waals surface area (Å²) in [6, 6.07) is 10.1. The lowest BCUT2D eigenvalue weighted by molar-refractivity contribution is -0.122. The second kappa shape index (κ2) is 10.8. The second-order valence-corrected chi connectivity index (χ2v) is 9.43. The van der Waals surface area contributed by atoms with Gasteiger partial charge in [-0.25, -0.2) is 0 Å². The Morgan fingerprint density at radius 2 is 1.94 bits per heavy atom. The molecular formula is C24H26N4O3S2. The highest BCUT2D eigenvalue weighted by Crippen LogP contribution is 2.35. The SMILES string of the molecule is COCCCN1C(=O)/C(=C/c2c(C)c(C#N)c(=O)n(C)c2NCc2ccc(C)cc2)SC1=S. The average molecular weight is 483 g/mol. The molecule has 7 nitrogen and oxygen atoms in total. The number of pyridine rings is 1. The number of nitriles is 1. The molecule has 0 spiro atoms. The van der Waals surface area contributed by atoms with Gasteiger partial charge in [0.2, 0.25) is 0 Å². The predicted octanol–water partition coefficient (Wildman–Crippen LogP) is 3.72. The van der Waals surface area contributed by atoms with Crippen molar-refractivity contribution in [3.8, 4) is 6.07 Å². The maximum absolute atomic E-state index is 13.0. The van der Waals surface area contributed by atoms with Crippen molar-refractivity contribution < 1.29 is 9.53 Å². The Balaban J connectivity index is 2.01. The monoisotopic (exact) mass is 482 g/mol. The first-order valence-corrected chi connectivity index (χ1v) is 11.7. The number of hydrogen-bond donors (Lipinski definition) is 1. The van der Waals surface area contributed by atoms with Gasteiger partial charge in [-0.2, -0.15) is 5.26 Å². The lowest BCUT2D eigenvalue weighted by Crippen LogP contribution is -2.29. The summed E-state index contributed by atoms with van der Waals surface area (Å²) in [4.78, 5) is 27.8. The normalized spacial score (nSPS) is 14.8. The molecule has 0 bridgehead atoms. The fraction of sp³-hybridized carbons (Fsp3) is 0.333. The molecule has 1 amide bonds. The van der Waals surface area contributed by atoms with E-state index in [0.717, 1.165) is 11.1 Å². The molecule has 0 saturated carbocycles. The quantitative estimate of drug-likeness (QED) is 0.349. The molecular weight excluding hydrogens is 456 g/mol. The van der Waals surface area contributed by atoms with Gasteiger partial charge in [0.05, 0.1) is 4.91 Å². The summed E-state index contributed by atoms with van der Waals surface area (Å²) in [7, 11) is 3.23. The van der Waals surface area contributed by atoms with E-state index in [2.05, 4.69) is 5.32 Å². The second-order valence-electron chi connectivity index (χ2n) is 7.76. The molecule has 1 aliphatic heterocycles. The fourth-order valence-corrected chi connectivity index (χ4v) is 4.82. The van der Waals surface area contributed by atoms with Gasteiger partial charge in [0.15, 0.2) is 0 Å². The summed E-state index contributed by atoms with van der Waals surface area (Å²) in [6.45, 7) is 5.24. The highest BCUT2D eigenvalue weighted by Gasteiger charge is 2.32. The van der Waals surface area contributed by atoms with Crippen LogP contribution in [0.1, 0.15) is 34.2 Å². The lowest BCUT2D eigenvalue weighted by Gasteiger charge is -2.18. The van der Waals surface area contributed by atoms with Gasteiger partial charge >= 0.3 is 0 Å². The van der Waals surface area contributed by atoms with Crippen LogP contribution < -0.4 is 10.9 Å². The number of thioether (sulfide) groups is 1. The van der Waals surface area contributed by atoms with Crippen LogP contribution >= 0.6 is 24.0 Å². The maximum atomic E-state index is 13.0. The number of anilines is 1. The summed E-state index contributed by atoms with van der Waals surface area (Å²) in [6.07, 6.45) is 2.40. The molecule has 2 heterocycles. The number of nitrogens with one attached hydrogen (secondary N) is 1. The van der Waals surface area contributed by atoms with Crippen LogP contribution in [0, 0.1) is 25.2 Å². The number of benzene rings is 1. The maximum Gasteiger partial charge on any atom is 0.270 e. The molecule has 1 aromatic carbocycles. The summed E-state index contributed by atoms with van der Waals surface area (Å²) in [5.74, 6) is 0.360. The molecule has 0 radical (unpaired) electrons. The zero-order valence-electron chi connectivity index (χ0n) is 19.1. The molecule has 0 aliphatic carbocycles. The van der Waals surface area contributed by atoms with Crippen molar-refractivity contribution in [2.75, 3.05) is 25.6 Å². The first-order chi connectivity index (χ1) is 15.8. The van der Waals surface area contributed by atoms with Crippen LogP contribution in [0.5, 0.6) is 0 Å². The number of carbonyl (C=O) groups excluding carboxylic acids is 1. The lowest BCUT2D eigenvalue weighted by atomic mass is 10.0. The van der Waals surface area contributed by atoms with E-state index < -0.39 is 0 Å². The molecule has 2 aromatic rings. The topological polar surface area (TPSA) is 87.4 Å². The number of aryl methyl sites for hydroxylation is 1. The predicted molar refractivity (Wildman–Crippen MR) is 136 cm³/mol. The number of rotatable bonds is 8. The van der Waals surface area contributed by atoms with Gasteiger partial charge in [0, 0.05) is 39.4 Å². The molecule has 3 rings (SSSR count). The van der Waals surface area contributed by atoms with Crippen LogP contribution in [0.25, 0.3) is 6.08 Å². The summed E-state index contributed by atoms with van der Waals surface area (Å²) < 4.78 is 6.98. The Kier molecular flexibility index (Phi) is 8.08. The molecule has 1 fully saturated rings. The number of carbonyl (C=O) groups is 1. The van der Waals surface area contributed by atoms with Crippen molar-refractivity contribution >= 4 is 46.1 Å². The zero-order valence-corrected chi connectivity index (χ0v) is 20.7. The van der Waals surface area contributed by atoms with E-state index in [-0.39, 0.29) is 17.0 Å². The van der Waals surface area contributed by atoms with E-state index in [4.69, 9.17) is 17.0 Å². The Bertz CT molecular complexity index is 1210.